The van der Waals surface area contributed by atoms with E-state index in [4.69, 9.17) is 4.74 Å². The van der Waals surface area contributed by atoms with E-state index >= 15 is 0 Å². The molecule has 22 heavy (non-hydrogen) atoms. The number of hydrogen-bond acceptors (Lipinski definition) is 2. The minimum absolute atomic E-state index is 0.0700. The minimum Gasteiger partial charge on any atom is -0.466 e. The molecule has 0 saturated carbocycles. The fraction of sp³-hybridized carbons (Fsp3) is 0.556. The molecule has 0 fully saturated rings. The highest BCUT2D eigenvalue weighted by Crippen LogP contribution is 2.39. The molecule has 0 N–H and O–H groups in total. The van der Waals surface area contributed by atoms with Crippen LogP contribution in [0, 0.1) is 0 Å². The van der Waals surface area contributed by atoms with Gasteiger partial charge in [0, 0.05) is 25.0 Å². The molecule has 0 unspecified atom stereocenters. The van der Waals surface area contributed by atoms with E-state index in [9.17, 15) is 4.79 Å². The van der Waals surface area contributed by atoms with Gasteiger partial charge in [0.25, 0.3) is 0 Å². The summed E-state index contributed by atoms with van der Waals surface area (Å²) >= 11 is 2.94. The van der Waals surface area contributed by atoms with Gasteiger partial charge in [0.1, 0.15) is 6.54 Å². The highest BCUT2D eigenvalue weighted by Gasteiger charge is 2.42. The average Bonchev–Trinajstić information content (AvgIpc) is 2.71. The second-order valence-corrected chi connectivity index (χ2v) is 5.79. The largest absolute Gasteiger partial charge is 0.466 e. The third-order valence-electron chi connectivity index (χ3n) is 4.25. The molecule has 1 aromatic rings. The first-order valence-corrected chi connectivity index (χ1v) is 9.31. The zero-order chi connectivity index (χ0) is 16.8. The van der Waals surface area contributed by atoms with Crippen LogP contribution in [0.25, 0.3) is 0 Å². The highest BCUT2D eigenvalue weighted by atomic mass is 79.9. The molecule has 1 aliphatic rings. The Balaban J connectivity index is 0.00000116. The molecule has 1 heterocycles. The summed E-state index contributed by atoms with van der Waals surface area (Å²) in [6.45, 7) is 9.87. The summed E-state index contributed by atoms with van der Waals surface area (Å²) in [5, 5.41) is 0. The molecule has 0 amide bonds. The standard InChI is InChI=1S/C17H24NO2.CH3Br/c1-5-20-16(19)11-8-12-18-13(2)17(3,4)14-9-6-7-10-15(14)18;1-2/h6-7,9-10H,5,8,11-12H2,1-4H3;1H3/q+1;. The van der Waals surface area contributed by atoms with Crippen LogP contribution < -0.4 is 0 Å². The van der Waals surface area contributed by atoms with Crippen molar-refractivity contribution in [3.63, 3.8) is 0 Å². The maximum Gasteiger partial charge on any atom is 0.306 e. The molecular weight excluding hydrogens is 342 g/mol. The molecule has 122 valence electrons. The van der Waals surface area contributed by atoms with Crippen molar-refractivity contribution in [2.24, 2.45) is 0 Å². The number of alkyl halides is 1. The Hall–Kier alpha value is -1.16. The zero-order valence-electron chi connectivity index (χ0n) is 14.3. The van der Waals surface area contributed by atoms with Gasteiger partial charge < -0.3 is 4.74 Å². The van der Waals surface area contributed by atoms with Gasteiger partial charge in [-0.1, -0.05) is 34.1 Å². The Bertz CT molecular complexity index is 550. The van der Waals surface area contributed by atoms with Gasteiger partial charge in [-0.2, -0.15) is 4.58 Å². The fourth-order valence-corrected chi connectivity index (χ4v) is 2.85. The van der Waals surface area contributed by atoms with Gasteiger partial charge in [0.2, 0.25) is 5.69 Å². The topological polar surface area (TPSA) is 29.3 Å². The Kier molecular flexibility index (Phi) is 7.27. The molecule has 2 rings (SSSR count). The van der Waals surface area contributed by atoms with Crippen molar-refractivity contribution in [2.75, 3.05) is 19.0 Å². The number of ether oxygens (including phenoxy) is 1. The lowest BCUT2D eigenvalue weighted by molar-refractivity contribution is -0.439. The third kappa shape index (κ3) is 3.97. The quantitative estimate of drug-likeness (QED) is 0.436. The Morgan fingerprint density at radius 1 is 1.27 bits per heavy atom. The number of halogens is 1. The number of fused-ring (bicyclic) bond motifs is 1. The summed E-state index contributed by atoms with van der Waals surface area (Å²) in [7, 11) is 0. The van der Waals surface area contributed by atoms with Crippen molar-refractivity contribution < 1.29 is 14.1 Å². The molecule has 0 spiro atoms. The van der Waals surface area contributed by atoms with Gasteiger partial charge >= 0.3 is 5.97 Å². The predicted octanol–water partition coefficient (Wildman–Crippen LogP) is 4.44. The van der Waals surface area contributed by atoms with Gasteiger partial charge in [-0.05, 0) is 26.6 Å². The summed E-state index contributed by atoms with van der Waals surface area (Å²) in [5.41, 5.74) is 4.07. The van der Waals surface area contributed by atoms with Gasteiger partial charge in [-0.15, -0.1) is 0 Å². The van der Waals surface area contributed by atoms with E-state index in [-0.39, 0.29) is 11.4 Å². The molecule has 0 bridgehead atoms. The number of carbonyl (C=O) groups is 1. The summed E-state index contributed by atoms with van der Waals surface area (Å²) in [4.78, 5) is 11.4. The van der Waals surface area contributed by atoms with E-state index < -0.39 is 0 Å². The van der Waals surface area contributed by atoms with E-state index in [1.165, 1.54) is 17.0 Å². The number of esters is 1. The lowest BCUT2D eigenvalue weighted by Gasteiger charge is -2.14. The first-order valence-electron chi connectivity index (χ1n) is 7.73. The molecule has 1 aliphatic heterocycles. The monoisotopic (exact) mass is 368 g/mol. The second kappa shape index (κ2) is 8.47. The Labute approximate surface area is 142 Å². The Morgan fingerprint density at radius 3 is 2.55 bits per heavy atom. The van der Waals surface area contributed by atoms with Crippen LogP contribution in [0.4, 0.5) is 5.69 Å². The van der Waals surface area contributed by atoms with E-state index in [2.05, 4.69) is 65.5 Å². The molecule has 0 aliphatic carbocycles. The lowest BCUT2D eigenvalue weighted by Crippen LogP contribution is -2.26. The maximum absolute atomic E-state index is 11.4. The minimum atomic E-state index is -0.100. The van der Waals surface area contributed by atoms with Crippen LogP contribution in [-0.2, 0) is 14.9 Å². The van der Waals surface area contributed by atoms with E-state index in [1.807, 2.05) is 12.8 Å². The summed E-state index contributed by atoms with van der Waals surface area (Å²) < 4.78 is 7.32. The Morgan fingerprint density at radius 2 is 1.91 bits per heavy atom. The normalized spacial score (nSPS) is 15.0. The van der Waals surface area contributed by atoms with Crippen molar-refractivity contribution in [3.8, 4) is 0 Å². The maximum atomic E-state index is 11.4. The van der Waals surface area contributed by atoms with Gasteiger partial charge in [0.05, 0.1) is 18.4 Å². The van der Waals surface area contributed by atoms with Crippen molar-refractivity contribution in [2.45, 2.75) is 46.0 Å². The van der Waals surface area contributed by atoms with Crippen molar-refractivity contribution in [1.29, 1.82) is 0 Å². The smallest absolute Gasteiger partial charge is 0.306 e. The van der Waals surface area contributed by atoms with E-state index in [0.717, 1.165) is 13.0 Å². The van der Waals surface area contributed by atoms with Crippen molar-refractivity contribution >= 4 is 33.3 Å². The van der Waals surface area contributed by atoms with Crippen LogP contribution in [-0.4, -0.2) is 35.2 Å². The number of hydrogen-bond donors (Lipinski definition) is 0. The molecule has 0 atom stereocenters. The average molecular weight is 369 g/mol. The highest BCUT2D eigenvalue weighted by molar-refractivity contribution is 9.08. The summed E-state index contributed by atoms with van der Waals surface area (Å²) in [6, 6.07) is 8.53. The van der Waals surface area contributed by atoms with Crippen LogP contribution in [0.15, 0.2) is 24.3 Å². The predicted molar refractivity (Wildman–Crippen MR) is 95.7 cm³/mol. The van der Waals surface area contributed by atoms with Crippen molar-refractivity contribution in [1.82, 2.24) is 0 Å². The van der Waals surface area contributed by atoms with Crippen LogP contribution in [0.1, 0.15) is 46.1 Å². The number of carbonyl (C=O) groups excluding carboxylic acids is 1. The van der Waals surface area contributed by atoms with Crippen LogP contribution in [0.3, 0.4) is 0 Å². The molecule has 0 saturated heterocycles. The van der Waals surface area contributed by atoms with Crippen LogP contribution in [0.5, 0.6) is 0 Å². The summed E-state index contributed by atoms with van der Waals surface area (Å²) in [5.74, 6) is 1.71. The van der Waals surface area contributed by atoms with Gasteiger partial charge in [0.15, 0.2) is 5.71 Å². The molecule has 0 aromatic heterocycles. The van der Waals surface area contributed by atoms with Crippen LogP contribution in [0.2, 0.25) is 0 Å². The molecule has 3 nitrogen and oxygen atoms in total. The van der Waals surface area contributed by atoms with Crippen LogP contribution >= 0.6 is 15.9 Å². The first-order chi connectivity index (χ1) is 10.5. The zero-order valence-corrected chi connectivity index (χ0v) is 15.9. The second-order valence-electron chi connectivity index (χ2n) is 5.79. The first kappa shape index (κ1) is 18.9. The molecule has 1 aromatic carbocycles. The summed E-state index contributed by atoms with van der Waals surface area (Å²) in [6.07, 6.45) is 1.31. The lowest BCUT2D eigenvalue weighted by atomic mass is 9.82. The van der Waals surface area contributed by atoms with Crippen molar-refractivity contribution in [3.05, 3.63) is 29.8 Å². The number of para-hydroxylation sites is 1. The molecule has 0 radical (unpaired) electrons. The third-order valence-corrected chi connectivity index (χ3v) is 4.25. The van der Waals surface area contributed by atoms with Gasteiger partial charge in [-0.25, -0.2) is 0 Å². The van der Waals surface area contributed by atoms with E-state index in [0.29, 0.717) is 13.0 Å². The number of nitrogens with zero attached hydrogens (tertiary/aromatic N) is 1. The fourth-order valence-electron chi connectivity index (χ4n) is 2.85. The molecular formula is C18H27BrNO2+. The SMILES string of the molecule is CBr.CCOC(=O)CCC[N+]1=C(C)C(C)(C)c2ccccc21. The number of rotatable bonds is 5. The number of benzene rings is 1. The van der Waals surface area contributed by atoms with E-state index in [1.54, 1.807) is 0 Å². The molecule has 4 heteroatoms. The van der Waals surface area contributed by atoms with Gasteiger partial charge in [-0.3, -0.25) is 4.79 Å².